The highest BCUT2D eigenvalue weighted by Crippen LogP contribution is 2.37. The van der Waals surface area contributed by atoms with E-state index in [0.717, 1.165) is 28.2 Å². The molecule has 1 aliphatic heterocycles. The molecule has 0 aliphatic carbocycles. The van der Waals surface area contributed by atoms with Gasteiger partial charge < -0.3 is 10.1 Å². The van der Waals surface area contributed by atoms with Crippen molar-refractivity contribution in [1.29, 1.82) is 0 Å². The third-order valence-corrected chi connectivity index (χ3v) is 6.56. The number of ether oxygens (including phenoxy) is 1. The van der Waals surface area contributed by atoms with Gasteiger partial charge in [-0.2, -0.15) is 0 Å². The van der Waals surface area contributed by atoms with E-state index >= 15 is 0 Å². The van der Waals surface area contributed by atoms with Crippen molar-refractivity contribution in [2.75, 3.05) is 23.4 Å². The van der Waals surface area contributed by atoms with Crippen molar-refractivity contribution in [3.63, 3.8) is 0 Å². The fourth-order valence-electron chi connectivity index (χ4n) is 3.82. The number of amides is 2. The van der Waals surface area contributed by atoms with E-state index in [-0.39, 0.29) is 25.0 Å². The molecule has 2 amide bonds. The van der Waals surface area contributed by atoms with Crippen molar-refractivity contribution < 1.29 is 14.3 Å². The highest BCUT2D eigenvalue weighted by atomic mass is 32.1. The third kappa shape index (κ3) is 4.56. The Hall–Kier alpha value is -3.97. The van der Waals surface area contributed by atoms with Crippen LogP contribution >= 0.6 is 11.3 Å². The first-order valence-corrected chi connectivity index (χ1v) is 12.0. The summed E-state index contributed by atoms with van der Waals surface area (Å²) in [5.74, 6) is 0.0437. The Kier molecular flexibility index (Phi) is 6.10. The number of fused-ring (bicyclic) bond motifs is 1. The number of hydrogen-bond acceptors (Lipinski definition) is 5. The van der Waals surface area contributed by atoms with Crippen LogP contribution < -0.4 is 15.0 Å². The van der Waals surface area contributed by atoms with Crippen LogP contribution in [-0.2, 0) is 16.0 Å². The maximum Gasteiger partial charge on any atom is 0.265 e. The average Bonchev–Trinajstić information content (AvgIpc) is 3.37. The molecule has 0 saturated carbocycles. The van der Waals surface area contributed by atoms with Gasteiger partial charge in [0.2, 0.25) is 5.91 Å². The van der Waals surface area contributed by atoms with Gasteiger partial charge >= 0.3 is 0 Å². The van der Waals surface area contributed by atoms with E-state index in [1.807, 2.05) is 78.2 Å². The second kappa shape index (κ2) is 9.49. The Morgan fingerprint density at radius 2 is 1.85 bits per heavy atom. The predicted octanol–water partition coefficient (Wildman–Crippen LogP) is 5.40. The highest BCUT2D eigenvalue weighted by molar-refractivity contribution is 7.13. The van der Waals surface area contributed by atoms with E-state index in [1.165, 1.54) is 10.5 Å². The second-order valence-electron chi connectivity index (χ2n) is 7.95. The van der Waals surface area contributed by atoms with Crippen LogP contribution in [0.25, 0.3) is 21.8 Å². The summed E-state index contributed by atoms with van der Waals surface area (Å²) in [5.41, 5.74) is 5.19. The molecule has 0 saturated heterocycles. The van der Waals surface area contributed by atoms with E-state index in [4.69, 9.17) is 9.72 Å². The van der Waals surface area contributed by atoms with Gasteiger partial charge in [-0.15, -0.1) is 11.3 Å². The number of carbonyl (C=O) groups excluding carboxylic acids is 2. The summed E-state index contributed by atoms with van der Waals surface area (Å²) >= 11 is 1.56. The van der Waals surface area contributed by atoms with Gasteiger partial charge in [0, 0.05) is 22.2 Å². The Morgan fingerprint density at radius 3 is 2.62 bits per heavy atom. The Morgan fingerprint density at radius 1 is 1.06 bits per heavy atom. The van der Waals surface area contributed by atoms with Crippen molar-refractivity contribution in [1.82, 2.24) is 4.98 Å². The number of nitrogens with zero attached hydrogens (tertiary/aromatic N) is 2. The zero-order valence-electron chi connectivity index (χ0n) is 18.7. The van der Waals surface area contributed by atoms with Crippen LogP contribution in [0.5, 0.6) is 5.75 Å². The summed E-state index contributed by atoms with van der Waals surface area (Å²) in [4.78, 5) is 31.7. The largest absolute Gasteiger partial charge is 0.482 e. The summed E-state index contributed by atoms with van der Waals surface area (Å²) in [6.07, 6.45) is 0.932. The van der Waals surface area contributed by atoms with Gasteiger partial charge in [-0.1, -0.05) is 49.4 Å². The van der Waals surface area contributed by atoms with Crippen LogP contribution in [0.2, 0.25) is 0 Å². The molecule has 6 nitrogen and oxygen atoms in total. The Labute approximate surface area is 201 Å². The van der Waals surface area contributed by atoms with Crippen molar-refractivity contribution >= 4 is 34.5 Å². The monoisotopic (exact) mass is 469 g/mol. The zero-order chi connectivity index (χ0) is 23.5. The summed E-state index contributed by atoms with van der Waals surface area (Å²) in [5, 5.41) is 5.79. The summed E-state index contributed by atoms with van der Waals surface area (Å²) in [6.45, 7) is 1.89. The summed E-state index contributed by atoms with van der Waals surface area (Å²) < 4.78 is 5.62. The molecule has 0 atom stereocenters. The van der Waals surface area contributed by atoms with Crippen molar-refractivity contribution in [2.45, 2.75) is 13.3 Å². The number of carbonyl (C=O) groups is 2. The minimum absolute atomic E-state index is 0.0967. The molecule has 3 aromatic carbocycles. The molecular weight excluding hydrogens is 446 g/mol. The normalized spacial score (nSPS) is 12.7. The molecule has 1 aromatic heterocycles. The van der Waals surface area contributed by atoms with Crippen LogP contribution in [0.15, 0.2) is 78.2 Å². The molecule has 7 heteroatoms. The molecule has 4 aromatic rings. The minimum atomic E-state index is -0.268. The lowest BCUT2D eigenvalue weighted by Crippen LogP contribution is -2.43. The standard InChI is InChI=1S/C27H23N3O3S/c1-2-18-8-11-21(12-9-18)28-25(31)15-30-23-14-20(10-13-24(23)33-16-26(30)32)22-17-34-27(29-22)19-6-4-3-5-7-19/h3-14,17H,2,15-16H2,1H3,(H,28,31). The van der Waals surface area contributed by atoms with Gasteiger partial charge in [0.05, 0.1) is 11.4 Å². The molecule has 1 aliphatic rings. The maximum absolute atomic E-state index is 12.7. The molecular formula is C27H23N3O3S. The van der Waals surface area contributed by atoms with Gasteiger partial charge in [0.1, 0.15) is 17.3 Å². The minimum Gasteiger partial charge on any atom is -0.482 e. The molecule has 170 valence electrons. The number of aryl methyl sites for hydroxylation is 1. The van der Waals surface area contributed by atoms with E-state index in [0.29, 0.717) is 17.1 Å². The second-order valence-corrected chi connectivity index (χ2v) is 8.81. The number of thiazole rings is 1. The summed E-state index contributed by atoms with van der Waals surface area (Å²) in [6, 6.07) is 23.3. The van der Waals surface area contributed by atoms with Crippen LogP contribution in [0.4, 0.5) is 11.4 Å². The van der Waals surface area contributed by atoms with E-state index in [2.05, 4.69) is 12.2 Å². The molecule has 0 radical (unpaired) electrons. The van der Waals surface area contributed by atoms with Crippen LogP contribution in [0, 0.1) is 0 Å². The lowest BCUT2D eigenvalue weighted by atomic mass is 10.1. The molecule has 1 N–H and O–H groups in total. The van der Waals surface area contributed by atoms with Crippen LogP contribution in [0.3, 0.4) is 0 Å². The van der Waals surface area contributed by atoms with Gasteiger partial charge in [0.25, 0.3) is 5.91 Å². The smallest absolute Gasteiger partial charge is 0.265 e. The lowest BCUT2D eigenvalue weighted by Gasteiger charge is -2.29. The number of hydrogen-bond donors (Lipinski definition) is 1. The number of anilines is 2. The van der Waals surface area contributed by atoms with E-state index < -0.39 is 0 Å². The van der Waals surface area contributed by atoms with Gasteiger partial charge in [0.15, 0.2) is 6.61 Å². The topological polar surface area (TPSA) is 71.5 Å². The molecule has 5 rings (SSSR count). The number of rotatable bonds is 6. The number of nitrogens with one attached hydrogen (secondary N) is 1. The quantitative estimate of drug-likeness (QED) is 0.410. The van der Waals surface area contributed by atoms with E-state index in [9.17, 15) is 9.59 Å². The Balaban J connectivity index is 1.38. The lowest BCUT2D eigenvalue weighted by molar-refractivity contribution is -0.123. The SMILES string of the molecule is CCc1ccc(NC(=O)CN2C(=O)COc3ccc(-c4csc(-c5ccccc5)n4)cc32)cc1. The predicted molar refractivity (Wildman–Crippen MR) is 135 cm³/mol. The van der Waals surface area contributed by atoms with Gasteiger partial charge in [-0.3, -0.25) is 14.5 Å². The molecule has 0 bridgehead atoms. The van der Waals surface area contributed by atoms with Crippen molar-refractivity contribution in [2.24, 2.45) is 0 Å². The highest BCUT2D eigenvalue weighted by Gasteiger charge is 2.28. The first kappa shape index (κ1) is 21.9. The fourth-order valence-corrected chi connectivity index (χ4v) is 4.66. The molecule has 2 heterocycles. The molecule has 34 heavy (non-hydrogen) atoms. The van der Waals surface area contributed by atoms with Crippen molar-refractivity contribution in [3.8, 4) is 27.6 Å². The number of aromatic nitrogens is 1. The van der Waals surface area contributed by atoms with E-state index in [1.54, 1.807) is 11.3 Å². The van der Waals surface area contributed by atoms with Gasteiger partial charge in [-0.05, 0) is 42.3 Å². The first-order chi connectivity index (χ1) is 16.6. The van der Waals surface area contributed by atoms with Crippen molar-refractivity contribution in [3.05, 3.63) is 83.7 Å². The number of benzene rings is 3. The average molecular weight is 470 g/mol. The Bertz CT molecular complexity index is 1330. The zero-order valence-corrected chi connectivity index (χ0v) is 19.5. The first-order valence-electron chi connectivity index (χ1n) is 11.1. The molecule has 0 fully saturated rings. The fraction of sp³-hybridized carbons (Fsp3) is 0.148. The van der Waals surface area contributed by atoms with Gasteiger partial charge in [-0.25, -0.2) is 4.98 Å². The molecule has 0 unspecified atom stereocenters. The third-order valence-electron chi connectivity index (χ3n) is 5.67. The molecule has 0 spiro atoms. The summed E-state index contributed by atoms with van der Waals surface area (Å²) in [7, 11) is 0. The maximum atomic E-state index is 12.7. The van der Waals surface area contributed by atoms with Crippen LogP contribution in [0.1, 0.15) is 12.5 Å². The van der Waals surface area contributed by atoms with Crippen LogP contribution in [-0.4, -0.2) is 29.9 Å².